The second-order valence-corrected chi connectivity index (χ2v) is 3.75. The molecule has 0 saturated heterocycles. The molecule has 0 bridgehead atoms. The normalized spacial score (nSPS) is 11.5. The molecule has 0 unspecified atom stereocenters. The first-order valence-electron chi connectivity index (χ1n) is 3.01. The van der Waals surface area contributed by atoms with E-state index in [0.717, 1.165) is 0 Å². The van der Waals surface area contributed by atoms with E-state index in [9.17, 15) is 13.2 Å². The molecule has 0 aliphatic heterocycles. The molecule has 0 spiro atoms. The van der Waals surface area contributed by atoms with Crippen LogP contribution in [0.15, 0.2) is 21.1 Å². The van der Waals surface area contributed by atoms with Crippen LogP contribution in [-0.4, -0.2) is 6.36 Å². The molecule has 0 amide bonds. The highest BCUT2D eigenvalue weighted by atomic mass is 79.9. The van der Waals surface area contributed by atoms with Crippen molar-refractivity contribution in [1.29, 1.82) is 0 Å². The van der Waals surface area contributed by atoms with E-state index in [1.54, 1.807) is 0 Å². The van der Waals surface area contributed by atoms with Crippen LogP contribution in [0.1, 0.15) is 0 Å². The minimum Gasteiger partial charge on any atom is -0.405 e. The smallest absolute Gasteiger partial charge is 0.405 e. The molecule has 0 N–H and O–H groups in total. The van der Waals surface area contributed by atoms with Crippen molar-refractivity contribution in [3.8, 4) is 5.75 Å². The number of benzene rings is 1. The van der Waals surface area contributed by atoms with Gasteiger partial charge in [-0.3, -0.25) is 0 Å². The van der Waals surface area contributed by atoms with Crippen molar-refractivity contribution < 1.29 is 17.9 Å². The van der Waals surface area contributed by atoms with Crippen LogP contribution >= 0.6 is 31.9 Å². The Balaban J connectivity index is 2.94. The number of ether oxygens (including phenoxy) is 1. The quantitative estimate of drug-likeness (QED) is 0.763. The van der Waals surface area contributed by atoms with Gasteiger partial charge in [-0.05, 0) is 34.1 Å². The Morgan fingerprint density at radius 3 is 2.46 bits per heavy atom. The number of halogens is 5. The van der Waals surface area contributed by atoms with Crippen molar-refractivity contribution in [2.24, 2.45) is 0 Å². The van der Waals surface area contributed by atoms with E-state index in [2.05, 4.69) is 42.7 Å². The minimum absolute atomic E-state index is 0.202. The van der Waals surface area contributed by atoms with E-state index in [1.807, 2.05) is 0 Å². The van der Waals surface area contributed by atoms with Gasteiger partial charge in [-0.15, -0.1) is 13.2 Å². The zero-order valence-electron chi connectivity index (χ0n) is 5.95. The number of rotatable bonds is 1. The molecule has 0 fully saturated rings. The zero-order valence-corrected chi connectivity index (χ0v) is 9.12. The van der Waals surface area contributed by atoms with Gasteiger partial charge in [0.1, 0.15) is 5.75 Å². The predicted molar refractivity (Wildman–Crippen MR) is 47.4 cm³/mol. The average molecular weight is 319 g/mol. The van der Waals surface area contributed by atoms with Gasteiger partial charge in [-0.1, -0.05) is 15.9 Å². The largest absolute Gasteiger partial charge is 0.573 e. The molecule has 1 aromatic carbocycles. The molecule has 13 heavy (non-hydrogen) atoms. The van der Waals surface area contributed by atoms with Gasteiger partial charge in [-0.2, -0.15) is 0 Å². The number of hydrogen-bond donors (Lipinski definition) is 0. The third-order valence-electron chi connectivity index (χ3n) is 1.06. The summed E-state index contributed by atoms with van der Waals surface area (Å²) in [5, 5.41) is 0. The molecule has 0 atom stereocenters. The van der Waals surface area contributed by atoms with Gasteiger partial charge in [0.05, 0.1) is 4.47 Å². The molecule has 1 aromatic rings. The van der Waals surface area contributed by atoms with Crippen LogP contribution in [0.2, 0.25) is 0 Å². The van der Waals surface area contributed by atoms with Crippen molar-refractivity contribution in [3.63, 3.8) is 0 Å². The second-order valence-electron chi connectivity index (χ2n) is 2.04. The molecule has 0 heterocycles. The maximum Gasteiger partial charge on any atom is 0.573 e. The van der Waals surface area contributed by atoms with Crippen molar-refractivity contribution in [2.75, 3.05) is 0 Å². The zero-order chi connectivity index (χ0) is 10.1. The van der Waals surface area contributed by atoms with Crippen molar-refractivity contribution >= 4 is 31.9 Å². The summed E-state index contributed by atoms with van der Waals surface area (Å²) in [6, 6.07) is 5.16. The lowest BCUT2D eigenvalue weighted by Gasteiger charge is -2.10. The highest BCUT2D eigenvalue weighted by molar-refractivity contribution is 9.11. The lowest BCUT2D eigenvalue weighted by molar-refractivity contribution is -0.274. The molecule has 0 aliphatic carbocycles. The molecule has 71 valence electrons. The van der Waals surface area contributed by atoms with E-state index in [0.29, 0.717) is 4.47 Å². The monoisotopic (exact) mass is 317 g/mol. The minimum atomic E-state index is -4.68. The van der Waals surface area contributed by atoms with Gasteiger partial charge < -0.3 is 4.74 Å². The summed E-state index contributed by atoms with van der Waals surface area (Å²) >= 11 is 5.89. The van der Waals surface area contributed by atoms with Gasteiger partial charge in [-0.25, -0.2) is 0 Å². The van der Waals surface area contributed by atoms with E-state index in [4.69, 9.17) is 0 Å². The van der Waals surface area contributed by atoms with E-state index < -0.39 is 6.36 Å². The predicted octanol–water partition coefficient (Wildman–Crippen LogP) is 3.91. The van der Waals surface area contributed by atoms with Crippen LogP contribution in [0.25, 0.3) is 0 Å². The van der Waals surface area contributed by atoms with Crippen LogP contribution in [0.4, 0.5) is 13.2 Å². The molecule has 6 heteroatoms. The van der Waals surface area contributed by atoms with Crippen molar-refractivity contribution in [2.45, 2.75) is 6.36 Å². The summed E-state index contributed by atoms with van der Waals surface area (Å²) in [5.41, 5.74) is 0. The van der Waals surface area contributed by atoms with Gasteiger partial charge >= 0.3 is 6.36 Å². The van der Waals surface area contributed by atoms with Gasteiger partial charge in [0.15, 0.2) is 0 Å². The Morgan fingerprint density at radius 1 is 1.31 bits per heavy atom. The maximum atomic E-state index is 11.8. The van der Waals surface area contributed by atoms with Crippen molar-refractivity contribution in [1.82, 2.24) is 0 Å². The van der Waals surface area contributed by atoms with Gasteiger partial charge in [0.25, 0.3) is 0 Å². The summed E-state index contributed by atoms with van der Waals surface area (Å²) in [7, 11) is 0. The summed E-state index contributed by atoms with van der Waals surface area (Å²) in [6.07, 6.45) is -4.68. The first-order chi connectivity index (χ1) is 5.88. The summed E-state index contributed by atoms with van der Waals surface area (Å²) in [6.45, 7) is 0. The third kappa shape index (κ3) is 3.56. The summed E-state index contributed by atoms with van der Waals surface area (Å²) in [5.74, 6) is -0.293. The third-order valence-corrected chi connectivity index (χ3v) is 2.13. The Bertz CT molecular complexity index is 311. The highest BCUT2D eigenvalue weighted by Crippen LogP contribution is 2.32. The Labute approximate surface area is 89.1 Å². The first-order valence-corrected chi connectivity index (χ1v) is 4.59. The standard InChI is InChI=1S/C7H2Br2F3O/c8-4-1-2-5(9)6(3-4)13-7(10,11)12/h2-3H. The van der Waals surface area contributed by atoms with E-state index >= 15 is 0 Å². The Hall–Kier alpha value is -0.230. The molecule has 1 nitrogen and oxygen atoms in total. The topological polar surface area (TPSA) is 9.23 Å². The highest BCUT2D eigenvalue weighted by Gasteiger charge is 2.31. The Morgan fingerprint density at radius 2 is 1.92 bits per heavy atom. The van der Waals surface area contributed by atoms with Gasteiger partial charge in [0.2, 0.25) is 0 Å². The van der Waals surface area contributed by atoms with Gasteiger partial charge in [0, 0.05) is 4.47 Å². The molecule has 1 radical (unpaired) electrons. The fourth-order valence-electron chi connectivity index (χ4n) is 0.632. The first kappa shape index (κ1) is 10.8. The van der Waals surface area contributed by atoms with Crippen LogP contribution in [-0.2, 0) is 0 Å². The molecule has 0 saturated carbocycles. The van der Waals surface area contributed by atoms with Crippen molar-refractivity contribution in [3.05, 3.63) is 27.1 Å². The fourth-order valence-corrected chi connectivity index (χ4v) is 1.26. The fraction of sp³-hybridized carbons (Fsp3) is 0.143. The lowest BCUT2D eigenvalue weighted by Crippen LogP contribution is -2.17. The summed E-state index contributed by atoms with van der Waals surface area (Å²) < 4.78 is 39.7. The molecule has 0 aromatic heterocycles. The van der Waals surface area contributed by atoms with E-state index in [1.165, 1.54) is 12.1 Å². The van der Waals surface area contributed by atoms with Crippen LogP contribution in [0, 0.1) is 6.07 Å². The average Bonchev–Trinajstić information content (AvgIpc) is 1.94. The molecular formula is C7H2Br2F3O. The number of alkyl halides is 3. The molecule has 0 aliphatic rings. The molecule has 1 rings (SSSR count). The maximum absolute atomic E-state index is 11.8. The lowest BCUT2D eigenvalue weighted by atomic mass is 10.3. The van der Waals surface area contributed by atoms with E-state index in [-0.39, 0.29) is 10.2 Å². The van der Waals surface area contributed by atoms with Crippen LogP contribution < -0.4 is 4.74 Å². The number of hydrogen-bond acceptors (Lipinski definition) is 1. The second kappa shape index (κ2) is 3.88. The molecular weight excluding hydrogens is 317 g/mol. The summed E-state index contributed by atoms with van der Waals surface area (Å²) in [4.78, 5) is 0. The van der Waals surface area contributed by atoms with Crippen LogP contribution in [0.3, 0.4) is 0 Å². The Kier molecular flexibility index (Phi) is 3.23. The van der Waals surface area contributed by atoms with Crippen LogP contribution in [0.5, 0.6) is 5.75 Å². The SMILES string of the molecule is FC(F)(F)Oc1cc(Br)[c]cc1Br.